The van der Waals surface area contributed by atoms with Crippen molar-refractivity contribution in [3.63, 3.8) is 0 Å². The summed E-state index contributed by atoms with van der Waals surface area (Å²) < 4.78 is 0. The molecule has 6 heteroatoms. The minimum absolute atomic E-state index is 0.0550. The topological polar surface area (TPSA) is 76.3 Å². The van der Waals surface area contributed by atoms with Gasteiger partial charge in [-0.15, -0.1) is 11.3 Å². The number of aromatic nitrogens is 1. The molecule has 0 saturated heterocycles. The number of pyridine rings is 1. The molecule has 2 aromatic rings. The molecule has 0 aromatic carbocycles. The maximum Gasteiger partial charge on any atom is 0.264 e. The van der Waals surface area contributed by atoms with E-state index in [2.05, 4.69) is 4.98 Å². The number of hydrogen-bond acceptors (Lipinski definition) is 4. The fourth-order valence-electron chi connectivity index (χ4n) is 2.14. The van der Waals surface area contributed by atoms with E-state index in [0.29, 0.717) is 17.0 Å². The lowest BCUT2D eigenvalue weighted by atomic mass is 10.2. The van der Waals surface area contributed by atoms with Crippen LogP contribution in [0.2, 0.25) is 0 Å². The van der Waals surface area contributed by atoms with Gasteiger partial charge in [0.1, 0.15) is 0 Å². The lowest BCUT2D eigenvalue weighted by Gasteiger charge is -2.21. The summed E-state index contributed by atoms with van der Waals surface area (Å²) in [6, 6.07) is 7.52. The van der Waals surface area contributed by atoms with Crippen LogP contribution in [0.25, 0.3) is 0 Å². The molecule has 3 rings (SSSR count). The van der Waals surface area contributed by atoms with Gasteiger partial charge in [0.25, 0.3) is 5.91 Å². The van der Waals surface area contributed by atoms with Crippen molar-refractivity contribution in [2.45, 2.75) is 25.4 Å². The number of thiophene rings is 1. The Labute approximate surface area is 126 Å². The van der Waals surface area contributed by atoms with Crippen LogP contribution < -0.4 is 5.73 Å². The predicted octanol–water partition coefficient (Wildman–Crippen LogP) is 2.05. The molecule has 2 aromatic heterocycles. The SMILES string of the molecule is NC(=O)c1csc(C(=O)N(Cc2ccccn2)C2CC2)c1. The van der Waals surface area contributed by atoms with Crippen molar-refractivity contribution in [1.82, 2.24) is 9.88 Å². The molecule has 0 atom stereocenters. The Kier molecular flexibility index (Phi) is 3.70. The van der Waals surface area contributed by atoms with E-state index in [0.717, 1.165) is 18.5 Å². The van der Waals surface area contributed by atoms with Crippen molar-refractivity contribution in [3.05, 3.63) is 52.0 Å². The molecule has 0 radical (unpaired) electrons. The molecular weight excluding hydrogens is 286 g/mol. The molecule has 21 heavy (non-hydrogen) atoms. The van der Waals surface area contributed by atoms with Gasteiger partial charge >= 0.3 is 0 Å². The third-order valence-corrected chi connectivity index (χ3v) is 4.32. The molecule has 1 aliphatic carbocycles. The second-order valence-electron chi connectivity index (χ2n) is 5.05. The van der Waals surface area contributed by atoms with Gasteiger partial charge in [-0.2, -0.15) is 0 Å². The molecule has 1 fully saturated rings. The molecule has 5 nitrogen and oxygen atoms in total. The summed E-state index contributed by atoms with van der Waals surface area (Å²) in [6.45, 7) is 0.494. The quantitative estimate of drug-likeness (QED) is 0.918. The average Bonchev–Trinajstić information content (AvgIpc) is 3.20. The van der Waals surface area contributed by atoms with Crippen LogP contribution >= 0.6 is 11.3 Å². The first-order chi connectivity index (χ1) is 10.1. The van der Waals surface area contributed by atoms with Crippen LogP contribution in [0.5, 0.6) is 0 Å². The van der Waals surface area contributed by atoms with Gasteiger partial charge in [-0.25, -0.2) is 0 Å². The van der Waals surface area contributed by atoms with Crippen LogP contribution in [-0.4, -0.2) is 27.7 Å². The van der Waals surface area contributed by atoms with Gasteiger partial charge in [-0.1, -0.05) is 6.07 Å². The second-order valence-corrected chi connectivity index (χ2v) is 5.96. The van der Waals surface area contributed by atoms with E-state index in [1.165, 1.54) is 11.3 Å². The average molecular weight is 301 g/mol. The minimum Gasteiger partial charge on any atom is -0.366 e. The van der Waals surface area contributed by atoms with E-state index in [-0.39, 0.29) is 11.9 Å². The van der Waals surface area contributed by atoms with Crippen LogP contribution in [0.1, 0.15) is 38.6 Å². The fourth-order valence-corrected chi connectivity index (χ4v) is 2.99. The van der Waals surface area contributed by atoms with E-state index in [4.69, 9.17) is 5.73 Å². The smallest absolute Gasteiger partial charge is 0.264 e. The van der Waals surface area contributed by atoms with Crippen molar-refractivity contribution in [1.29, 1.82) is 0 Å². The zero-order valence-electron chi connectivity index (χ0n) is 11.4. The molecular formula is C15H15N3O2S. The summed E-state index contributed by atoms with van der Waals surface area (Å²) in [7, 11) is 0. The van der Waals surface area contributed by atoms with Gasteiger partial charge in [0.15, 0.2) is 0 Å². The number of hydrogen-bond donors (Lipinski definition) is 1. The summed E-state index contributed by atoms with van der Waals surface area (Å²) >= 11 is 1.26. The number of carbonyl (C=O) groups excluding carboxylic acids is 2. The molecule has 1 aliphatic rings. The largest absolute Gasteiger partial charge is 0.366 e. The van der Waals surface area contributed by atoms with Gasteiger partial charge in [-0.3, -0.25) is 14.6 Å². The van der Waals surface area contributed by atoms with E-state index in [1.807, 2.05) is 23.1 Å². The third kappa shape index (κ3) is 3.11. The first kappa shape index (κ1) is 13.8. The summed E-state index contributed by atoms with van der Waals surface area (Å²) in [4.78, 5) is 30.4. The lowest BCUT2D eigenvalue weighted by Crippen LogP contribution is -2.32. The number of nitrogens with two attached hydrogens (primary N) is 1. The molecule has 0 aliphatic heterocycles. The first-order valence-corrected chi connectivity index (χ1v) is 7.62. The molecule has 1 saturated carbocycles. The van der Waals surface area contributed by atoms with E-state index in [1.54, 1.807) is 17.6 Å². The van der Waals surface area contributed by atoms with Gasteiger partial charge in [-0.05, 0) is 31.0 Å². The van der Waals surface area contributed by atoms with Crippen LogP contribution in [0, 0.1) is 0 Å². The molecule has 2 N–H and O–H groups in total. The van der Waals surface area contributed by atoms with Crippen molar-refractivity contribution >= 4 is 23.2 Å². The number of nitrogens with zero attached hydrogens (tertiary/aromatic N) is 2. The molecule has 108 valence electrons. The predicted molar refractivity (Wildman–Crippen MR) is 80.0 cm³/mol. The fraction of sp³-hybridized carbons (Fsp3) is 0.267. The molecule has 0 spiro atoms. The monoisotopic (exact) mass is 301 g/mol. The van der Waals surface area contributed by atoms with Crippen molar-refractivity contribution in [2.75, 3.05) is 0 Å². The van der Waals surface area contributed by atoms with Gasteiger partial charge < -0.3 is 10.6 Å². The number of primary amides is 1. The van der Waals surface area contributed by atoms with Crippen LogP contribution in [-0.2, 0) is 6.54 Å². The maximum atomic E-state index is 12.6. The highest BCUT2D eigenvalue weighted by atomic mass is 32.1. The Bertz CT molecular complexity index is 665. The van der Waals surface area contributed by atoms with Crippen LogP contribution in [0.3, 0.4) is 0 Å². The molecule has 2 amide bonds. The molecule has 0 unspecified atom stereocenters. The second kappa shape index (κ2) is 5.65. The Balaban J connectivity index is 1.80. The van der Waals surface area contributed by atoms with Gasteiger partial charge in [0, 0.05) is 17.6 Å². The lowest BCUT2D eigenvalue weighted by molar-refractivity contribution is 0.0732. The van der Waals surface area contributed by atoms with Crippen molar-refractivity contribution in [2.24, 2.45) is 5.73 Å². The Morgan fingerprint density at radius 3 is 2.76 bits per heavy atom. The summed E-state index contributed by atoms with van der Waals surface area (Å²) in [5.41, 5.74) is 6.48. The summed E-state index contributed by atoms with van der Waals surface area (Å²) in [5, 5.41) is 1.63. The highest BCUT2D eigenvalue weighted by molar-refractivity contribution is 7.12. The summed E-state index contributed by atoms with van der Waals surface area (Å²) in [6.07, 6.45) is 3.76. The number of rotatable bonds is 5. The van der Waals surface area contributed by atoms with E-state index >= 15 is 0 Å². The number of amides is 2. The van der Waals surface area contributed by atoms with E-state index < -0.39 is 5.91 Å². The Morgan fingerprint density at radius 1 is 1.38 bits per heavy atom. The molecule has 2 heterocycles. The third-order valence-electron chi connectivity index (χ3n) is 3.40. The first-order valence-electron chi connectivity index (χ1n) is 6.74. The maximum absolute atomic E-state index is 12.6. The van der Waals surface area contributed by atoms with Crippen molar-refractivity contribution in [3.8, 4) is 0 Å². The van der Waals surface area contributed by atoms with Crippen molar-refractivity contribution < 1.29 is 9.59 Å². The van der Waals surface area contributed by atoms with E-state index in [9.17, 15) is 9.59 Å². The molecule has 0 bridgehead atoms. The van der Waals surface area contributed by atoms with Crippen LogP contribution in [0.15, 0.2) is 35.8 Å². The minimum atomic E-state index is -0.506. The zero-order valence-corrected chi connectivity index (χ0v) is 12.2. The standard InChI is InChI=1S/C15H15N3O2S/c16-14(19)10-7-13(21-9-10)15(20)18(12-4-5-12)8-11-3-1-2-6-17-11/h1-3,6-7,9,12H,4-5,8H2,(H2,16,19). The van der Waals surface area contributed by atoms with Gasteiger partial charge in [0.2, 0.25) is 5.91 Å². The number of carbonyl (C=O) groups is 2. The highest BCUT2D eigenvalue weighted by Gasteiger charge is 2.34. The highest BCUT2D eigenvalue weighted by Crippen LogP contribution is 2.30. The normalized spacial score (nSPS) is 13.9. The van der Waals surface area contributed by atoms with Gasteiger partial charge in [0.05, 0.1) is 22.7 Å². The Morgan fingerprint density at radius 2 is 2.19 bits per heavy atom. The summed E-state index contributed by atoms with van der Waals surface area (Å²) in [5.74, 6) is -0.561. The zero-order chi connectivity index (χ0) is 14.8. The Hall–Kier alpha value is -2.21. The van der Waals surface area contributed by atoms with Crippen LogP contribution in [0.4, 0.5) is 0 Å².